The highest BCUT2D eigenvalue weighted by atomic mass is 32.2. The van der Waals surface area contributed by atoms with Crippen LogP contribution in [-0.4, -0.2) is 29.3 Å². The minimum absolute atomic E-state index is 0.166. The second-order valence-electron chi connectivity index (χ2n) is 9.42. The molecule has 3 heterocycles. The molecule has 7 nitrogen and oxygen atoms in total. The predicted molar refractivity (Wildman–Crippen MR) is 153 cm³/mol. The molecule has 190 valence electrons. The number of nitrogens with one attached hydrogen (secondary N) is 2. The van der Waals surface area contributed by atoms with E-state index in [0.717, 1.165) is 40.3 Å². The van der Waals surface area contributed by atoms with E-state index in [2.05, 4.69) is 75.6 Å². The van der Waals surface area contributed by atoms with Crippen molar-refractivity contribution in [1.82, 2.24) is 14.9 Å². The standard InChI is InChI=1S/C28H29N5O2S2/c1-18-8-7-9-23(16-18)32-19(2)17-24(20(32)3)27-26(25-10-5-6-15-29-25)30-28(36)33(27)22-13-11-21(12-14-22)31-37(4,34)35/h5-17,26-27,31H,1-4H3,(H,30,36)/t26-,27+/m0/s1. The van der Waals surface area contributed by atoms with Crippen molar-refractivity contribution in [1.29, 1.82) is 0 Å². The number of sulfonamides is 1. The molecule has 2 aromatic carbocycles. The van der Waals surface area contributed by atoms with Crippen LogP contribution in [0.1, 0.15) is 40.3 Å². The third-order valence-corrected chi connectivity index (χ3v) is 7.52. The molecule has 2 N–H and O–H groups in total. The van der Waals surface area contributed by atoms with Crippen molar-refractivity contribution in [2.24, 2.45) is 0 Å². The summed E-state index contributed by atoms with van der Waals surface area (Å²) in [5.74, 6) is 0. The molecule has 0 unspecified atom stereocenters. The number of thiocarbonyl (C=S) groups is 1. The third kappa shape index (κ3) is 4.97. The predicted octanol–water partition coefficient (Wildman–Crippen LogP) is 5.35. The molecule has 9 heteroatoms. The van der Waals surface area contributed by atoms with Crippen molar-refractivity contribution in [3.05, 3.63) is 107 Å². The van der Waals surface area contributed by atoms with E-state index in [1.165, 1.54) is 5.56 Å². The summed E-state index contributed by atoms with van der Waals surface area (Å²) >= 11 is 5.86. The Balaban J connectivity index is 1.63. The van der Waals surface area contributed by atoms with E-state index in [1.54, 1.807) is 18.3 Å². The molecule has 1 aliphatic heterocycles. The van der Waals surface area contributed by atoms with Gasteiger partial charge in [0.2, 0.25) is 10.0 Å². The van der Waals surface area contributed by atoms with Crippen molar-refractivity contribution in [3.8, 4) is 5.69 Å². The first kappa shape index (κ1) is 25.0. The van der Waals surface area contributed by atoms with Gasteiger partial charge in [-0.25, -0.2) is 8.42 Å². The zero-order valence-corrected chi connectivity index (χ0v) is 22.8. The fourth-order valence-corrected chi connectivity index (χ4v) is 6.01. The summed E-state index contributed by atoms with van der Waals surface area (Å²) in [6.45, 7) is 6.35. The second-order valence-corrected chi connectivity index (χ2v) is 11.6. The van der Waals surface area contributed by atoms with E-state index in [4.69, 9.17) is 12.2 Å². The first-order valence-corrected chi connectivity index (χ1v) is 14.3. The topological polar surface area (TPSA) is 79.3 Å². The number of nitrogens with zero attached hydrogens (tertiary/aromatic N) is 3. The van der Waals surface area contributed by atoms with Gasteiger partial charge in [0, 0.05) is 34.6 Å². The Hall–Kier alpha value is -3.69. The van der Waals surface area contributed by atoms with E-state index in [1.807, 2.05) is 30.3 Å². The van der Waals surface area contributed by atoms with E-state index in [0.29, 0.717) is 10.8 Å². The largest absolute Gasteiger partial charge is 0.351 e. The second kappa shape index (κ2) is 9.64. The lowest BCUT2D eigenvalue weighted by Gasteiger charge is -2.28. The number of aryl methyl sites for hydroxylation is 2. The van der Waals surface area contributed by atoms with Gasteiger partial charge in [0.1, 0.15) is 0 Å². The molecule has 0 radical (unpaired) electrons. The first-order chi connectivity index (χ1) is 17.6. The van der Waals surface area contributed by atoms with Gasteiger partial charge >= 0.3 is 0 Å². The Morgan fingerprint density at radius 3 is 2.35 bits per heavy atom. The van der Waals surface area contributed by atoms with Crippen molar-refractivity contribution < 1.29 is 8.42 Å². The summed E-state index contributed by atoms with van der Waals surface area (Å²) in [5.41, 5.74) is 7.97. The summed E-state index contributed by atoms with van der Waals surface area (Å²) < 4.78 is 28.2. The molecule has 0 aliphatic carbocycles. The molecule has 0 amide bonds. The highest BCUT2D eigenvalue weighted by Gasteiger charge is 2.42. The normalized spacial score (nSPS) is 17.6. The monoisotopic (exact) mass is 531 g/mol. The number of hydrogen-bond donors (Lipinski definition) is 2. The molecule has 0 saturated carbocycles. The van der Waals surface area contributed by atoms with Crippen molar-refractivity contribution in [3.63, 3.8) is 0 Å². The number of pyridine rings is 1. The number of hydrogen-bond acceptors (Lipinski definition) is 4. The minimum Gasteiger partial charge on any atom is -0.351 e. The van der Waals surface area contributed by atoms with Crippen molar-refractivity contribution in [2.75, 3.05) is 15.9 Å². The van der Waals surface area contributed by atoms with Crippen LogP contribution in [0.2, 0.25) is 0 Å². The van der Waals surface area contributed by atoms with Gasteiger partial charge in [0.25, 0.3) is 0 Å². The Morgan fingerprint density at radius 1 is 0.946 bits per heavy atom. The number of anilines is 2. The van der Waals surface area contributed by atoms with Crippen LogP contribution in [0.3, 0.4) is 0 Å². The maximum Gasteiger partial charge on any atom is 0.229 e. The molecule has 37 heavy (non-hydrogen) atoms. The highest BCUT2D eigenvalue weighted by Crippen LogP contribution is 2.44. The van der Waals surface area contributed by atoms with Crippen LogP contribution in [0.25, 0.3) is 5.69 Å². The molecular weight excluding hydrogens is 502 g/mol. The van der Waals surface area contributed by atoms with E-state index in [9.17, 15) is 8.42 Å². The lowest BCUT2D eigenvalue weighted by molar-refractivity contribution is 0.565. The summed E-state index contributed by atoms with van der Waals surface area (Å²) in [6, 6.07) is 23.5. The maximum atomic E-state index is 11.7. The fourth-order valence-electron chi connectivity index (χ4n) is 5.10. The molecule has 4 aromatic rings. The molecule has 5 rings (SSSR count). The Kier molecular flexibility index (Phi) is 6.51. The van der Waals surface area contributed by atoms with Crippen LogP contribution in [0.5, 0.6) is 0 Å². The fraction of sp³-hybridized carbons (Fsp3) is 0.214. The summed E-state index contributed by atoms with van der Waals surface area (Å²) in [6.07, 6.45) is 2.93. The average molecular weight is 532 g/mol. The van der Waals surface area contributed by atoms with Gasteiger partial charge < -0.3 is 14.8 Å². The summed E-state index contributed by atoms with van der Waals surface area (Å²) in [5, 5.41) is 4.09. The lowest BCUT2D eigenvalue weighted by atomic mass is 9.96. The Labute approximate surface area is 223 Å². The van der Waals surface area contributed by atoms with Crippen molar-refractivity contribution in [2.45, 2.75) is 32.9 Å². The Morgan fingerprint density at radius 2 is 1.70 bits per heavy atom. The molecule has 0 bridgehead atoms. The molecular formula is C28H29N5O2S2. The zero-order valence-electron chi connectivity index (χ0n) is 21.1. The van der Waals surface area contributed by atoms with Gasteiger partial charge in [-0.3, -0.25) is 9.71 Å². The van der Waals surface area contributed by atoms with Crippen LogP contribution in [0.4, 0.5) is 11.4 Å². The van der Waals surface area contributed by atoms with Gasteiger partial charge in [0.05, 0.1) is 24.0 Å². The molecule has 1 saturated heterocycles. The van der Waals surface area contributed by atoms with Crippen LogP contribution in [0.15, 0.2) is 79.0 Å². The van der Waals surface area contributed by atoms with Gasteiger partial charge in [0.15, 0.2) is 5.11 Å². The quantitative estimate of drug-likeness (QED) is 0.327. The lowest BCUT2D eigenvalue weighted by Crippen LogP contribution is -2.29. The first-order valence-electron chi connectivity index (χ1n) is 12.0. The Bertz CT molecular complexity index is 1560. The SMILES string of the molecule is Cc1cccc(-n2c(C)cc([C@@H]3[C@H](c4ccccn4)NC(=S)N3c3ccc(NS(C)(=O)=O)cc3)c2C)c1. The number of rotatable bonds is 6. The maximum absolute atomic E-state index is 11.7. The van der Waals surface area contributed by atoms with Crippen LogP contribution < -0.4 is 14.9 Å². The van der Waals surface area contributed by atoms with E-state index in [-0.39, 0.29) is 12.1 Å². The molecule has 1 aliphatic rings. The third-order valence-electron chi connectivity index (χ3n) is 6.60. The van der Waals surface area contributed by atoms with Crippen LogP contribution in [-0.2, 0) is 10.0 Å². The van der Waals surface area contributed by atoms with E-state index >= 15 is 0 Å². The van der Waals surface area contributed by atoms with E-state index < -0.39 is 10.0 Å². The minimum atomic E-state index is -3.37. The van der Waals surface area contributed by atoms with Crippen LogP contribution in [0, 0.1) is 20.8 Å². The van der Waals surface area contributed by atoms with Crippen molar-refractivity contribution >= 4 is 38.7 Å². The van der Waals surface area contributed by atoms with Gasteiger partial charge in [-0.05, 0) is 98.7 Å². The zero-order chi connectivity index (χ0) is 26.3. The molecule has 0 spiro atoms. The van der Waals surface area contributed by atoms with Gasteiger partial charge in [-0.15, -0.1) is 0 Å². The van der Waals surface area contributed by atoms with Crippen LogP contribution >= 0.6 is 12.2 Å². The molecule has 2 aromatic heterocycles. The number of benzene rings is 2. The molecule has 1 fully saturated rings. The smallest absolute Gasteiger partial charge is 0.229 e. The highest BCUT2D eigenvalue weighted by molar-refractivity contribution is 7.92. The molecule has 2 atom stereocenters. The van der Waals surface area contributed by atoms with Gasteiger partial charge in [-0.2, -0.15) is 0 Å². The van der Waals surface area contributed by atoms with Gasteiger partial charge in [-0.1, -0.05) is 18.2 Å². The average Bonchev–Trinajstić information content (AvgIpc) is 3.34. The summed E-state index contributed by atoms with van der Waals surface area (Å²) in [4.78, 5) is 6.75. The number of aromatic nitrogens is 2. The summed E-state index contributed by atoms with van der Waals surface area (Å²) in [7, 11) is -3.37.